The Kier molecular flexibility index (Phi) is 4.71. The highest BCUT2D eigenvalue weighted by atomic mass is 32.2. The molecule has 116 valence electrons. The van der Waals surface area contributed by atoms with Crippen molar-refractivity contribution in [3.05, 3.63) is 0 Å². The molecule has 0 unspecified atom stereocenters. The lowest BCUT2D eigenvalue weighted by Gasteiger charge is -2.34. The molecule has 0 aromatic rings. The summed E-state index contributed by atoms with van der Waals surface area (Å²) in [5.74, 6) is 0.525. The van der Waals surface area contributed by atoms with Crippen molar-refractivity contribution in [2.24, 2.45) is 11.8 Å². The van der Waals surface area contributed by atoms with Crippen molar-refractivity contribution in [1.82, 2.24) is 9.62 Å². The summed E-state index contributed by atoms with van der Waals surface area (Å²) in [6, 6.07) is 0.131. The van der Waals surface area contributed by atoms with E-state index in [9.17, 15) is 13.2 Å². The van der Waals surface area contributed by atoms with E-state index >= 15 is 0 Å². The number of fused-ring (bicyclic) bond motifs is 1. The van der Waals surface area contributed by atoms with Gasteiger partial charge >= 0.3 is 0 Å². The molecule has 7 heteroatoms. The van der Waals surface area contributed by atoms with Crippen LogP contribution in [0.3, 0.4) is 0 Å². The van der Waals surface area contributed by atoms with Crippen LogP contribution >= 0.6 is 0 Å². The third-order valence-corrected chi connectivity index (χ3v) is 5.33. The summed E-state index contributed by atoms with van der Waals surface area (Å²) < 4.78 is 30.4. The maximum Gasteiger partial charge on any atom is 0.222 e. The van der Waals surface area contributed by atoms with Crippen LogP contribution in [0.15, 0.2) is 0 Å². The number of piperidine rings is 1. The Hall–Kier alpha value is -0.660. The van der Waals surface area contributed by atoms with Crippen molar-refractivity contribution < 1.29 is 17.9 Å². The fraction of sp³-hybridized carbons (Fsp3) is 0.923. The summed E-state index contributed by atoms with van der Waals surface area (Å²) in [6.45, 7) is 5.47. The molecule has 1 amide bonds. The van der Waals surface area contributed by atoms with Gasteiger partial charge in [0.15, 0.2) is 0 Å². The van der Waals surface area contributed by atoms with Crippen LogP contribution in [0.4, 0.5) is 0 Å². The Morgan fingerprint density at radius 1 is 1.45 bits per heavy atom. The summed E-state index contributed by atoms with van der Waals surface area (Å²) in [5.41, 5.74) is 0. The number of nitrogens with one attached hydrogen (secondary N) is 1. The van der Waals surface area contributed by atoms with E-state index < -0.39 is 10.0 Å². The number of carbonyl (C=O) groups is 1. The molecule has 2 fully saturated rings. The number of ether oxygens (including phenoxy) is 1. The minimum absolute atomic E-state index is 0.0104. The molecule has 2 aliphatic rings. The molecule has 3 atom stereocenters. The van der Waals surface area contributed by atoms with Gasteiger partial charge in [-0.25, -0.2) is 12.7 Å². The van der Waals surface area contributed by atoms with E-state index in [1.54, 1.807) is 0 Å². The van der Waals surface area contributed by atoms with Gasteiger partial charge in [-0.15, -0.1) is 0 Å². The minimum Gasteiger partial charge on any atom is -0.377 e. The first-order chi connectivity index (χ1) is 9.27. The molecule has 6 nitrogen and oxygen atoms in total. The second-order valence-electron chi connectivity index (χ2n) is 6.13. The normalized spacial score (nSPS) is 31.3. The van der Waals surface area contributed by atoms with Crippen molar-refractivity contribution in [2.75, 3.05) is 26.0 Å². The Labute approximate surface area is 120 Å². The smallest absolute Gasteiger partial charge is 0.222 e. The van der Waals surface area contributed by atoms with Gasteiger partial charge in [-0.3, -0.25) is 4.79 Å². The number of hydrogen-bond donors (Lipinski definition) is 1. The molecule has 0 spiro atoms. The molecule has 2 rings (SSSR count). The van der Waals surface area contributed by atoms with E-state index in [1.165, 1.54) is 10.6 Å². The predicted molar refractivity (Wildman–Crippen MR) is 75.6 cm³/mol. The average molecular weight is 304 g/mol. The van der Waals surface area contributed by atoms with Crippen molar-refractivity contribution >= 4 is 15.9 Å². The van der Waals surface area contributed by atoms with E-state index in [1.807, 2.05) is 13.8 Å². The number of carbonyl (C=O) groups excluding carboxylic acids is 1. The van der Waals surface area contributed by atoms with Crippen LogP contribution in [0.5, 0.6) is 0 Å². The molecule has 2 saturated heterocycles. The van der Waals surface area contributed by atoms with Gasteiger partial charge in [0.1, 0.15) is 0 Å². The number of amides is 1. The fourth-order valence-electron chi connectivity index (χ4n) is 3.13. The van der Waals surface area contributed by atoms with Gasteiger partial charge in [0, 0.05) is 25.0 Å². The lowest BCUT2D eigenvalue weighted by Crippen LogP contribution is -2.44. The van der Waals surface area contributed by atoms with Gasteiger partial charge in [-0.2, -0.15) is 0 Å². The maximum atomic E-state index is 11.8. The van der Waals surface area contributed by atoms with Crippen LogP contribution in [0.25, 0.3) is 0 Å². The molecular formula is C13H24N2O4S. The molecule has 0 aromatic heterocycles. The topological polar surface area (TPSA) is 75.7 Å². The summed E-state index contributed by atoms with van der Waals surface area (Å²) in [6.07, 6.45) is 2.33. The maximum absolute atomic E-state index is 11.8. The lowest BCUT2D eigenvalue weighted by molar-refractivity contribution is -0.124. The van der Waals surface area contributed by atoms with Crippen LogP contribution < -0.4 is 5.32 Å². The third kappa shape index (κ3) is 3.71. The Bertz CT molecular complexity index is 463. The number of sulfonamides is 1. The monoisotopic (exact) mass is 304 g/mol. The zero-order valence-corrected chi connectivity index (χ0v) is 13.1. The summed E-state index contributed by atoms with van der Waals surface area (Å²) in [4.78, 5) is 11.8. The van der Waals surface area contributed by atoms with Gasteiger partial charge in [-0.05, 0) is 26.2 Å². The van der Waals surface area contributed by atoms with Crippen molar-refractivity contribution in [2.45, 2.75) is 38.8 Å². The molecular weight excluding hydrogens is 280 g/mol. The third-order valence-electron chi connectivity index (χ3n) is 4.06. The first-order valence-corrected chi connectivity index (χ1v) is 8.98. The molecule has 0 saturated carbocycles. The Balaban J connectivity index is 1.91. The first kappa shape index (κ1) is 15.7. The van der Waals surface area contributed by atoms with E-state index in [0.717, 1.165) is 6.42 Å². The first-order valence-electron chi connectivity index (χ1n) is 7.13. The van der Waals surface area contributed by atoms with E-state index in [0.29, 0.717) is 32.0 Å². The summed E-state index contributed by atoms with van der Waals surface area (Å²) in [5, 5.41) is 2.87. The van der Waals surface area contributed by atoms with Crippen LogP contribution in [0, 0.1) is 11.8 Å². The van der Waals surface area contributed by atoms with Crippen LogP contribution in [-0.4, -0.2) is 56.7 Å². The standard InChI is InChI=1S/C13H24N2O4S/c1-9(2)14-13(16)6-12-11-4-5-15(20(3,17)18)7-10(11)8-19-12/h9-12H,4-8H2,1-3H3,(H,14,16)/t10-,11-,12-/m1/s1. The molecule has 0 aliphatic carbocycles. The highest BCUT2D eigenvalue weighted by Crippen LogP contribution is 2.36. The van der Waals surface area contributed by atoms with Crippen molar-refractivity contribution in [1.29, 1.82) is 0 Å². The Morgan fingerprint density at radius 3 is 2.75 bits per heavy atom. The van der Waals surface area contributed by atoms with Crippen LogP contribution in [-0.2, 0) is 19.6 Å². The Morgan fingerprint density at radius 2 is 2.15 bits per heavy atom. The molecule has 0 radical (unpaired) electrons. The molecule has 2 aliphatic heterocycles. The zero-order valence-electron chi connectivity index (χ0n) is 12.3. The SMILES string of the molecule is CC(C)NC(=O)C[C@H]1OC[C@H]2CN(S(C)(=O)=O)CC[C@H]21. The molecule has 20 heavy (non-hydrogen) atoms. The second kappa shape index (κ2) is 5.99. The summed E-state index contributed by atoms with van der Waals surface area (Å²) >= 11 is 0. The van der Waals surface area contributed by atoms with E-state index in [-0.39, 0.29) is 24.0 Å². The van der Waals surface area contributed by atoms with Gasteiger partial charge in [-0.1, -0.05) is 0 Å². The van der Waals surface area contributed by atoms with Gasteiger partial charge in [0.05, 0.1) is 25.4 Å². The van der Waals surface area contributed by atoms with Gasteiger partial charge in [0.2, 0.25) is 15.9 Å². The van der Waals surface area contributed by atoms with E-state index in [2.05, 4.69) is 5.32 Å². The lowest BCUT2D eigenvalue weighted by atomic mass is 9.84. The molecule has 0 bridgehead atoms. The second-order valence-corrected chi connectivity index (χ2v) is 8.11. The van der Waals surface area contributed by atoms with E-state index in [4.69, 9.17) is 4.74 Å². The largest absolute Gasteiger partial charge is 0.377 e. The number of hydrogen-bond acceptors (Lipinski definition) is 4. The minimum atomic E-state index is -3.12. The highest BCUT2D eigenvalue weighted by Gasteiger charge is 2.43. The highest BCUT2D eigenvalue weighted by molar-refractivity contribution is 7.88. The number of nitrogens with zero attached hydrogens (tertiary/aromatic N) is 1. The van der Waals surface area contributed by atoms with Crippen molar-refractivity contribution in [3.8, 4) is 0 Å². The quantitative estimate of drug-likeness (QED) is 0.805. The molecule has 0 aromatic carbocycles. The van der Waals surface area contributed by atoms with Crippen LogP contribution in [0.1, 0.15) is 26.7 Å². The van der Waals surface area contributed by atoms with Gasteiger partial charge in [0.25, 0.3) is 0 Å². The fourth-order valence-corrected chi connectivity index (χ4v) is 4.03. The summed E-state index contributed by atoms with van der Waals surface area (Å²) in [7, 11) is -3.12. The average Bonchev–Trinajstić information content (AvgIpc) is 2.69. The zero-order chi connectivity index (χ0) is 14.9. The molecule has 2 heterocycles. The molecule has 1 N–H and O–H groups in total. The number of rotatable bonds is 4. The van der Waals surface area contributed by atoms with Crippen LogP contribution in [0.2, 0.25) is 0 Å². The van der Waals surface area contributed by atoms with Crippen molar-refractivity contribution in [3.63, 3.8) is 0 Å². The van der Waals surface area contributed by atoms with Gasteiger partial charge < -0.3 is 10.1 Å². The predicted octanol–water partition coefficient (Wildman–Crippen LogP) is 0.198.